The van der Waals surface area contributed by atoms with Crippen molar-refractivity contribution in [1.82, 2.24) is 10.6 Å². The molecule has 0 saturated heterocycles. The Kier molecular flexibility index (Phi) is 6.56. The molecule has 0 aliphatic rings. The lowest BCUT2D eigenvalue weighted by molar-refractivity contribution is -0.140. The molecule has 0 heterocycles. The van der Waals surface area contributed by atoms with Crippen LogP contribution in [0.15, 0.2) is 30.3 Å². The third-order valence-corrected chi connectivity index (χ3v) is 3.31. The van der Waals surface area contributed by atoms with Gasteiger partial charge in [0.15, 0.2) is 0 Å². The highest BCUT2D eigenvalue weighted by molar-refractivity contribution is 5.82. The zero-order valence-electron chi connectivity index (χ0n) is 11.9. The number of hydrogen-bond donors (Lipinski definition) is 3. The molecule has 0 aliphatic carbocycles. The second-order valence-electron chi connectivity index (χ2n) is 4.84. The number of benzene rings is 1. The number of carboxylic acid groups (broad SMARTS) is 1. The standard InChI is InChI=1S/C15H22N2O3/c1-3-11(2)13(14(18)19)17-15(20)16-10-9-12-7-5-4-6-8-12/h4-8,11,13H,3,9-10H2,1-2H3,(H,18,19)(H2,16,17,20)/t11-,13-/m0/s1. The van der Waals surface area contributed by atoms with Crippen LogP contribution in [0.25, 0.3) is 0 Å². The number of aliphatic carboxylic acids is 1. The van der Waals surface area contributed by atoms with Gasteiger partial charge in [0, 0.05) is 6.54 Å². The van der Waals surface area contributed by atoms with Crippen molar-refractivity contribution in [3.63, 3.8) is 0 Å². The van der Waals surface area contributed by atoms with Gasteiger partial charge < -0.3 is 15.7 Å². The number of carbonyl (C=O) groups is 2. The van der Waals surface area contributed by atoms with E-state index >= 15 is 0 Å². The molecule has 1 aromatic rings. The molecule has 1 aromatic carbocycles. The maximum Gasteiger partial charge on any atom is 0.326 e. The molecule has 2 atom stereocenters. The number of carbonyl (C=O) groups excluding carboxylic acids is 1. The van der Waals surface area contributed by atoms with Crippen molar-refractivity contribution in [3.05, 3.63) is 35.9 Å². The van der Waals surface area contributed by atoms with Crippen molar-refractivity contribution in [1.29, 1.82) is 0 Å². The minimum atomic E-state index is -1.00. The van der Waals surface area contributed by atoms with Crippen molar-refractivity contribution >= 4 is 12.0 Å². The van der Waals surface area contributed by atoms with Crippen molar-refractivity contribution in [2.75, 3.05) is 6.54 Å². The van der Waals surface area contributed by atoms with Crippen LogP contribution in [-0.2, 0) is 11.2 Å². The van der Waals surface area contributed by atoms with E-state index in [1.165, 1.54) is 0 Å². The third-order valence-electron chi connectivity index (χ3n) is 3.31. The van der Waals surface area contributed by atoms with Crippen molar-refractivity contribution in [2.45, 2.75) is 32.7 Å². The Hall–Kier alpha value is -2.04. The van der Waals surface area contributed by atoms with Crippen LogP contribution in [0.5, 0.6) is 0 Å². The van der Waals surface area contributed by atoms with Crippen LogP contribution < -0.4 is 10.6 Å². The quantitative estimate of drug-likeness (QED) is 0.714. The predicted molar refractivity (Wildman–Crippen MR) is 77.6 cm³/mol. The molecule has 20 heavy (non-hydrogen) atoms. The molecule has 0 radical (unpaired) electrons. The molecule has 3 N–H and O–H groups in total. The number of amides is 2. The van der Waals surface area contributed by atoms with Crippen LogP contribution in [0.2, 0.25) is 0 Å². The van der Waals surface area contributed by atoms with Crippen molar-refractivity contribution in [3.8, 4) is 0 Å². The molecule has 0 aromatic heterocycles. The minimum Gasteiger partial charge on any atom is -0.480 e. The summed E-state index contributed by atoms with van der Waals surface area (Å²) >= 11 is 0. The summed E-state index contributed by atoms with van der Waals surface area (Å²) in [5.41, 5.74) is 1.13. The summed E-state index contributed by atoms with van der Waals surface area (Å²) in [6, 6.07) is 8.51. The fourth-order valence-corrected chi connectivity index (χ4v) is 1.84. The first-order valence-corrected chi connectivity index (χ1v) is 6.85. The van der Waals surface area contributed by atoms with E-state index in [9.17, 15) is 9.59 Å². The molecule has 110 valence electrons. The highest BCUT2D eigenvalue weighted by atomic mass is 16.4. The first-order chi connectivity index (χ1) is 9.54. The van der Waals surface area contributed by atoms with Gasteiger partial charge in [-0.1, -0.05) is 50.6 Å². The molecule has 0 aliphatic heterocycles. The lowest BCUT2D eigenvalue weighted by atomic mass is 9.99. The molecule has 0 bridgehead atoms. The second kappa shape index (κ2) is 8.19. The molecule has 0 unspecified atom stereocenters. The van der Waals surface area contributed by atoms with Gasteiger partial charge in [-0.05, 0) is 17.9 Å². The van der Waals surface area contributed by atoms with E-state index in [0.29, 0.717) is 13.0 Å². The van der Waals surface area contributed by atoms with E-state index in [1.807, 2.05) is 44.2 Å². The van der Waals surface area contributed by atoms with E-state index in [1.54, 1.807) is 0 Å². The molecule has 5 nitrogen and oxygen atoms in total. The molecule has 2 amide bonds. The van der Waals surface area contributed by atoms with E-state index in [4.69, 9.17) is 5.11 Å². The van der Waals surface area contributed by atoms with E-state index in [2.05, 4.69) is 10.6 Å². The summed E-state index contributed by atoms with van der Waals surface area (Å²) in [7, 11) is 0. The Morgan fingerprint density at radius 3 is 2.45 bits per heavy atom. The second-order valence-corrected chi connectivity index (χ2v) is 4.84. The maximum absolute atomic E-state index is 11.7. The Balaban J connectivity index is 2.37. The zero-order chi connectivity index (χ0) is 15.0. The molecular weight excluding hydrogens is 256 g/mol. The van der Waals surface area contributed by atoms with Gasteiger partial charge in [0.2, 0.25) is 0 Å². The van der Waals surface area contributed by atoms with Crippen LogP contribution in [0.4, 0.5) is 4.79 Å². The molecule has 0 spiro atoms. The highest BCUT2D eigenvalue weighted by Gasteiger charge is 2.24. The number of hydrogen-bond acceptors (Lipinski definition) is 2. The molecule has 0 fully saturated rings. The Morgan fingerprint density at radius 1 is 1.25 bits per heavy atom. The van der Waals surface area contributed by atoms with Gasteiger partial charge in [0.1, 0.15) is 6.04 Å². The van der Waals surface area contributed by atoms with Gasteiger partial charge in [-0.2, -0.15) is 0 Å². The first kappa shape index (κ1) is 16.0. The fraction of sp³-hybridized carbons (Fsp3) is 0.467. The van der Waals surface area contributed by atoms with Crippen molar-refractivity contribution < 1.29 is 14.7 Å². The maximum atomic E-state index is 11.7. The lowest BCUT2D eigenvalue weighted by Crippen LogP contribution is -2.49. The molecule has 1 rings (SSSR count). The minimum absolute atomic E-state index is 0.104. The van der Waals surface area contributed by atoms with Gasteiger partial charge in [0.05, 0.1) is 0 Å². The van der Waals surface area contributed by atoms with E-state index in [-0.39, 0.29) is 5.92 Å². The number of urea groups is 1. The molecular formula is C15H22N2O3. The molecule has 5 heteroatoms. The SMILES string of the molecule is CC[C@H](C)[C@H](NC(=O)NCCc1ccccc1)C(=O)O. The predicted octanol–water partition coefficient (Wildman–Crippen LogP) is 2.03. The Morgan fingerprint density at radius 2 is 1.90 bits per heavy atom. The van der Waals surface area contributed by atoms with Gasteiger partial charge in [0.25, 0.3) is 0 Å². The summed E-state index contributed by atoms with van der Waals surface area (Å²) in [5.74, 6) is -1.11. The Labute approximate surface area is 119 Å². The summed E-state index contributed by atoms with van der Waals surface area (Å²) in [4.78, 5) is 22.8. The average Bonchev–Trinajstić information content (AvgIpc) is 2.45. The third kappa shape index (κ3) is 5.30. The van der Waals surface area contributed by atoms with Crippen LogP contribution in [0.1, 0.15) is 25.8 Å². The number of carboxylic acids is 1. The van der Waals surface area contributed by atoms with Crippen LogP contribution in [-0.4, -0.2) is 29.7 Å². The van der Waals surface area contributed by atoms with Gasteiger partial charge in [-0.15, -0.1) is 0 Å². The van der Waals surface area contributed by atoms with Gasteiger partial charge in [-0.25, -0.2) is 9.59 Å². The van der Waals surface area contributed by atoms with Gasteiger partial charge >= 0.3 is 12.0 Å². The summed E-state index contributed by atoms with van der Waals surface area (Å²) in [6.07, 6.45) is 1.41. The van der Waals surface area contributed by atoms with E-state index < -0.39 is 18.0 Å². The summed E-state index contributed by atoms with van der Waals surface area (Å²) in [5, 5.41) is 14.3. The largest absolute Gasteiger partial charge is 0.480 e. The monoisotopic (exact) mass is 278 g/mol. The first-order valence-electron chi connectivity index (χ1n) is 6.85. The smallest absolute Gasteiger partial charge is 0.326 e. The zero-order valence-corrected chi connectivity index (χ0v) is 11.9. The fourth-order valence-electron chi connectivity index (χ4n) is 1.84. The van der Waals surface area contributed by atoms with Gasteiger partial charge in [-0.3, -0.25) is 0 Å². The summed E-state index contributed by atoms with van der Waals surface area (Å²) in [6.45, 7) is 4.18. The molecule has 0 saturated carbocycles. The van der Waals surface area contributed by atoms with Crippen LogP contribution in [0, 0.1) is 5.92 Å². The lowest BCUT2D eigenvalue weighted by Gasteiger charge is -2.20. The highest BCUT2D eigenvalue weighted by Crippen LogP contribution is 2.07. The van der Waals surface area contributed by atoms with E-state index in [0.717, 1.165) is 12.0 Å². The Bertz CT molecular complexity index is 434. The topological polar surface area (TPSA) is 78.4 Å². The average molecular weight is 278 g/mol. The van der Waals surface area contributed by atoms with Crippen LogP contribution in [0.3, 0.4) is 0 Å². The van der Waals surface area contributed by atoms with Crippen molar-refractivity contribution in [2.24, 2.45) is 5.92 Å². The normalized spacial score (nSPS) is 13.3. The number of nitrogens with one attached hydrogen (secondary N) is 2. The van der Waals surface area contributed by atoms with Crippen LogP contribution >= 0.6 is 0 Å². The number of rotatable bonds is 7. The summed E-state index contributed by atoms with van der Waals surface area (Å²) < 4.78 is 0.